The Morgan fingerprint density at radius 3 is 2.62 bits per heavy atom. The smallest absolute Gasteiger partial charge is 0.167 e. The molecule has 1 atom stereocenters. The molecule has 0 aliphatic carbocycles. The second-order valence-corrected chi connectivity index (χ2v) is 4.77. The van der Waals surface area contributed by atoms with Crippen LogP contribution < -0.4 is 10.5 Å². The van der Waals surface area contributed by atoms with E-state index in [0.29, 0.717) is 5.69 Å². The first-order valence-electron chi connectivity index (χ1n) is 6.47. The fraction of sp³-hybridized carbons (Fsp3) is 0.125. The van der Waals surface area contributed by atoms with Crippen molar-refractivity contribution in [1.82, 2.24) is 4.98 Å². The highest BCUT2D eigenvalue weighted by molar-refractivity contribution is 5.80. The molecule has 1 aromatic heterocycles. The van der Waals surface area contributed by atoms with E-state index in [4.69, 9.17) is 10.5 Å². The highest BCUT2D eigenvalue weighted by atomic mass is 19.2. The third kappa shape index (κ3) is 2.25. The number of H-pyrrole nitrogens is 1. The summed E-state index contributed by atoms with van der Waals surface area (Å²) in [5, 5.41) is 0.957. The van der Waals surface area contributed by atoms with E-state index in [-0.39, 0.29) is 11.3 Å². The van der Waals surface area contributed by atoms with E-state index >= 15 is 0 Å². The van der Waals surface area contributed by atoms with E-state index in [0.717, 1.165) is 17.0 Å². The molecule has 0 fully saturated rings. The molecule has 0 aliphatic rings. The summed E-state index contributed by atoms with van der Waals surface area (Å²) in [6.07, 6.45) is 0. The number of rotatable bonds is 3. The molecule has 0 radical (unpaired) electrons. The van der Waals surface area contributed by atoms with Crippen molar-refractivity contribution < 1.29 is 13.5 Å². The molecule has 0 saturated carbocycles. The lowest BCUT2D eigenvalue weighted by Crippen LogP contribution is -2.16. The van der Waals surface area contributed by atoms with Crippen LogP contribution in [0.2, 0.25) is 0 Å². The third-order valence-electron chi connectivity index (χ3n) is 3.51. The Kier molecular flexibility index (Phi) is 3.35. The molecular weight excluding hydrogens is 274 g/mol. The summed E-state index contributed by atoms with van der Waals surface area (Å²) in [7, 11) is 1.40. The minimum atomic E-state index is -0.986. The van der Waals surface area contributed by atoms with Gasteiger partial charge in [-0.15, -0.1) is 0 Å². The maximum Gasteiger partial charge on any atom is 0.167 e. The lowest BCUT2D eigenvalue weighted by molar-refractivity contribution is 0.394. The average molecular weight is 288 g/mol. The molecule has 0 spiro atoms. The largest absolute Gasteiger partial charge is 0.496 e. The zero-order valence-electron chi connectivity index (χ0n) is 11.4. The summed E-state index contributed by atoms with van der Waals surface area (Å²) >= 11 is 0. The Balaban J connectivity index is 2.13. The van der Waals surface area contributed by atoms with Crippen molar-refractivity contribution in [3.05, 3.63) is 65.4 Å². The second kappa shape index (κ2) is 5.18. The van der Waals surface area contributed by atoms with Gasteiger partial charge in [-0.3, -0.25) is 0 Å². The molecule has 21 heavy (non-hydrogen) atoms. The lowest BCUT2D eigenvalue weighted by Gasteiger charge is -2.16. The molecule has 3 nitrogen and oxygen atoms in total. The average Bonchev–Trinajstić information content (AvgIpc) is 2.93. The Morgan fingerprint density at radius 1 is 1.14 bits per heavy atom. The molecule has 108 valence electrons. The zero-order valence-corrected chi connectivity index (χ0v) is 11.4. The number of halogens is 2. The van der Waals surface area contributed by atoms with Crippen LogP contribution in [0.4, 0.5) is 8.78 Å². The number of fused-ring (bicyclic) bond motifs is 1. The summed E-state index contributed by atoms with van der Waals surface area (Å²) in [6, 6.07) is 11.0. The monoisotopic (exact) mass is 288 g/mol. The summed E-state index contributed by atoms with van der Waals surface area (Å²) in [5.41, 5.74) is 7.60. The Morgan fingerprint density at radius 2 is 1.90 bits per heavy atom. The van der Waals surface area contributed by atoms with Gasteiger partial charge in [-0.1, -0.05) is 18.2 Å². The molecule has 3 aromatic rings. The van der Waals surface area contributed by atoms with Gasteiger partial charge in [0.25, 0.3) is 0 Å². The quantitative estimate of drug-likeness (QED) is 0.775. The Hall–Kier alpha value is -2.40. The van der Waals surface area contributed by atoms with Crippen molar-refractivity contribution in [3.8, 4) is 5.75 Å². The Labute approximate surface area is 120 Å². The van der Waals surface area contributed by atoms with Gasteiger partial charge < -0.3 is 15.5 Å². The summed E-state index contributed by atoms with van der Waals surface area (Å²) in [4.78, 5) is 3.12. The molecule has 0 amide bonds. The summed E-state index contributed by atoms with van der Waals surface area (Å²) in [5.74, 6) is -1.71. The van der Waals surface area contributed by atoms with Gasteiger partial charge in [-0.2, -0.15) is 0 Å². The van der Waals surface area contributed by atoms with Gasteiger partial charge >= 0.3 is 0 Å². The van der Waals surface area contributed by atoms with Gasteiger partial charge in [0.2, 0.25) is 0 Å². The van der Waals surface area contributed by atoms with Gasteiger partial charge in [0.15, 0.2) is 11.6 Å². The number of methoxy groups -OCH3 is 1. The van der Waals surface area contributed by atoms with Crippen LogP contribution in [0, 0.1) is 11.6 Å². The first-order valence-corrected chi connectivity index (χ1v) is 6.47. The molecule has 5 heteroatoms. The fourth-order valence-electron chi connectivity index (χ4n) is 2.44. The highest BCUT2D eigenvalue weighted by Crippen LogP contribution is 2.32. The summed E-state index contributed by atoms with van der Waals surface area (Å²) in [6.45, 7) is 0. The fourth-order valence-corrected chi connectivity index (χ4v) is 2.44. The predicted octanol–water partition coefficient (Wildman–Crippen LogP) is 3.50. The number of aromatic amines is 1. The molecular formula is C16H14F2N2O. The SMILES string of the molecule is COc1ccc(F)c(F)c1[C@@H](N)c1cc2ccccc2[nH]1. The van der Waals surface area contributed by atoms with Gasteiger partial charge in [-0.05, 0) is 29.7 Å². The van der Waals surface area contributed by atoms with E-state index in [1.807, 2.05) is 30.3 Å². The molecule has 3 N–H and O–H groups in total. The predicted molar refractivity (Wildman–Crippen MR) is 77.2 cm³/mol. The zero-order chi connectivity index (χ0) is 15.0. The summed E-state index contributed by atoms with van der Waals surface area (Å²) < 4.78 is 32.7. The second-order valence-electron chi connectivity index (χ2n) is 4.77. The molecule has 0 bridgehead atoms. The normalized spacial score (nSPS) is 12.6. The number of nitrogens with one attached hydrogen (secondary N) is 1. The molecule has 3 rings (SSSR count). The van der Waals surface area contributed by atoms with E-state index in [9.17, 15) is 8.78 Å². The van der Waals surface area contributed by atoms with Crippen LogP contribution in [0.3, 0.4) is 0 Å². The van der Waals surface area contributed by atoms with Gasteiger partial charge in [0.05, 0.1) is 18.7 Å². The molecule has 0 unspecified atom stereocenters. The number of para-hydroxylation sites is 1. The first kappa shape index (κ1) is 13.6. The minimum absolute atomic E-state index is 0.00376. The van der Waals surface area contributed by atoms with E-state index < -0.39 is 17.7 Å². The topological polar surface area (TPSA) is 51.0 Å². The van der Waals surface area contributed by atoms with E-state index in [2.05, 4.69) is 4.98 Å². The van der Waals surface area contributed by atoms with Gasteiger partial charge in [0.1, 0.15) is 5.75 Å². The Bertz CT molecular complexity index is 765. The van der Waals surface area contributed by atoms with Crippen LogP contribution in [-0.4, -0.2) is 12.1 Å². The van der Waals surface area contributed by atoms with Gasteiger partial charge in [0, 0.05) is 11.2 Å². The van der Waals surface area contributed by atoms with Crippen LogP contribution >= 0.6 is 0 Å². The third-order valence-corrected chi connectivity index (χ3v) is 3.51. The van der Waals surface area contributed by atoms with Crippen molar-refractivity contribution in [2.24, 2.45) is 5.73 Å². The van der Waals surface area contributed by atoms with Crippen LogP contribution in [0.25, 0.3) is 10.9 Å². The lowest BCUT2D eigenvalue weighted by atomic mass is 10.0. The minimum Gasteiger partial charge on any atom is -0.496 e. The maximum absolute atomic E-state index is 14.1. The number of benzene rings is 2. The van der Waals surface area contributed by atoms with Crippen molar-refractivity contribution in [2.75, 3.05) is 7.11 Å². The highest BCUT2D eigenvalue weighted by Gasteiger charge is 2.23. The molecule has 2 aromatic carbocycles. The van der Waals surface area contributed by atoms with Crippen LogP contribution in [0.1, 0.15) is 17.3 Å². The van der Waals surface area contributed by atoms with Gasteiger partial charge in [-0.25, -0.2) is 8.78 Å². The number of ether oxygens (including phenoxy) is 1. The maximum atomic E-state index is 14.1. The molecule has 0 saturated heterocycles. The number of hydrogen-bond acceptors (Lipinski definition) is 2. The van der Waals surface area contributed by atoms with E-state index in [1.165, 1.54) is 13.2 Å². The number of aromatic nitrogens is 1. The number of nitrogens with two attached hydrogens (primary N) is 1. The molecule has 1 heterocycles. The van der Waals surface area contributed by atoms with Crippen LogP contribution in [0.5, 0.6) is 5.75 Å². The van der Waals surface area contributed by atoms with E-state index in [1.54, 1.807) is 0 Å². The van der Waals surface area contributed by atoms with Crippen molar-refractivity contribution in [3.63, 3.8) is 0 Å². The first-order chi connectivity index (χ1) is 10.1. The molecule has 0 aliphatic heterocycles. The van der Waals surface area contributed by atoms with Crippen molar-refractivity contribution in [1.29, 1.82) is 0 Å². The van der Waals surface area contributed by atoms with Crippen molar-refractivity contribution >= 4 is 10.9 Å². The van der Waals surface area contributed by atoms with Crippen molar-refractivity contribution in [2.45, 2.75) is 6.04 Å². The van der Waals surface area contributed by atoms with Crippen LogP contribution in [-0.2, 0) is 0 Å². The van der Waals surface area contributed by atoms with Crippen LogP contribution in [0.15, 0.2) is 42.5 Å². The standard InChI is InChI=1S/C16H14F2N2O/c1-21-13-7-6-10(17)15(18)14(13)16(19)12-8-9-4-2-3-5-11(9)20-12/h2-8,16,20H,19H2,1H3/t16-/m0/s1. The number of hydrogen-bond donors (Lipinski definition) is 2.